The maximum absolute atomic E-state index is 13.6. The van der Waals surface area contributed by atoms with Gasteiger partial charge in [0.05, 0.1) is 23.0 Å². The minimum Gasteiger partial charge on any atom is -0.372 e. The van der Waals surface area contributed by atoms with Crippen LogP contribution in [-0.2, 0) is 9.53 Å². The molecule has 2 aromatic heterocycles. The van der Waals surface area contributed by atoms with Crippen molar-refractivity contribution in [1.82, 2.24) is 29.5 Å². The zero-order valence-corrected chi connectivity index (χ0v) is 21.5. The molecule has 2 atom stereocenters. The van der Waals surface area contributed by atoms with E-state index in [9.17, 15) is 13.6 Å². The van der Waals surface area contributed by atoms with Crippen LogP contribution in [0.2, 0.25) is 0 Å². The number of aromatic nitrogens is 4. The Labute approximate surface area is 215 Å². The van der Waals surface area contributed by atoms with E-state index in [-0.39, 0.29) is 29.8 Å². The third kappa shape index (κ3) is 5.85. The number of rotatable bonds is 9. The Hall–Kier alpha value is -2.86. The molecular formula is C25H36F2N8O2. The fourth-order valence-electron chi connectivity index (χ4n) is 5.71. The van der Waals surface area contributed by atoms with Gasteiger partial charge in [-0.3, -0.25) is 9.48 Å². The number of ether oxygens (including phenoxy) is 1. The summed E-state index contributed by atoms with van der Waals surface area (Å²) in [6, 6.07) is 1.56. The summed E-state index contributed by atoms with van der Waals surface area (Å²) >= 11 is 0. The lowest BCUT2D eigenvalue weighted by Gasteiger charge is -2.36. The van der Waals surface area contributed by atoms with Crippen LogP contribution in [0.3, 0.4) is 0 Å². The normalized spacial score (nSPS) is 24.5. The molecule has 0 spiro atoms. The van der Waals surface area contributed by atoms with E-state index < -0.39 is 6.43 Å². The first kappa shape index (κ1) is 25.8. The van der Waals surface area contributed by atoms with Crippen molar-refractivity contribution in [1.29, 1.82) is 0 Å². The minimum atomic E-state index is -2.70. The molecule has 202 valence electrons. The number of piperidine rings is 1. The first-order valence-electron chi connectivity index (χ1n) is 13.2. The fraction of sp³-hybridized carbons (Fsp3) is 0.680. The summed E-state index contributed by atoms with van der Waals surface area (Å²) in [6.45, 7) is 4.17. The molecule has 1 amide bonds. The molecule has 12 heteroatoms. The van der Waals surface area contributed by atoms with Gasteiger partial charge in [-0.2, -0.15) is 10.1 Å². The molecule has 3 aliphatic heterocycles. The smallest absolute Gasteiger partial charge is 0.268 e. The van der Waals surface area contributed by atoms with Crippen molar-refractivity contribution >= 4 is 23.4 Å². The third-order valence-electron chi connectivity index (χ3n) is 7.85. The molecular weight excluding hydrogens is 482 g/mol. The van der Waals surface area contributed by atoms with Crippen molar-refractivity contribution in [2.24, 2.45) is 0 Å². The van der Waals surface area contributed by atoms with Gasteiger partial charge in [0.2, 0.25) is 11.9 Å². The Balaban J connectivity index is 1.22. The summed E-state index contributed by atoms with van der Waals surface area (Å²) in [5.41, 5.74) is 1.33. The van der Waals surface area contributed by atoms with Gasteiger partial charge in [-0.05, 0) is 52.5 Å². The highest BCUT2D eigenvalue weighted by atomic mass is 19.3. The molecule has 3 saturated heterocycles. The van der Waals surface area contributed by atoms with Crippen LogP contribution in [0.5, 0.6) is 0 Å². The topological polar surface area (TPSA) is 100 Å². The second-order valence-electron chi connectivity index (χ2n) is 10.3. The SMILES string of the molecule is Cc1nn(C2CC3CCC(C2)N3C)cc1Nc1ncc(C(F)F)c(NCCCN2CCCOCC2=O)n1. The van der Waals surface area contributed by atoms with Gasteiger partial charge in [0.1, 0.15) is 12.4 Å². The van der Waals surface area contributed by atoms with Crippen LogP contribution >= 0.6 is 0 Å². The molecule has 37 heavy (non-hydrogen) atoms. The molecule has 0 saturated carbocycles. The first-order valence-corrected chi connectivity index (χ1v) is 13.2. The summed E-state index contributed by atoms with van der Waals surface area (Å²) in [6.07, 6.45) is 6.48. The second kappa shape index (κ2) is 11.3. The van der Waals surface area contributed by atoms with Crippen molar-refractivity contribution in [3.8, 4) is 0 Å². The molecule has 10 nitrogen and oxygen atoms in total. The highest BCUT2D eigenvalue weighted by Gasteiger charge is 2.39. The first-order chi connectivity index (χ1) is 17.9. The van der Waals surface area contributed by atoms with E-state index in [1.54, 1.807) is 4.90 Å². The Morgan fingerprint density at radius 3 is 2.76 bits per heavy atom. The number of aryl methyl sites for hydroxylation is 1. The lowest BCUT2D eigenvalue weighted by molar-refractivity contribution is -0.133. The van der Waals surface area contributed by atoms with Crippen LogP contribution in [0.25, 0.3) is 0 Å². The maximum atomic E-state index is 13.6. The lowest BCUT2D eigenvalue weighted by atomic mass is 9.98. The van der Waals surface area contributed by atoms with Gasteiger partial charge in [-0.1, -0.05) is 0 Å². The van der Waals surface area contributed by atoms with E-state index in [4.69, 9.17) is 9.84 Å². The highest BCUT2D eigenvalue weighted by molar-refractivity contribution is 5.77. The quantitative estimate of drug-likeness (QED) is 0.487. The van der Waals surface area contributed by atoms with E-state index in [2.05, 4.69) is 32.5 Å². The van der Waals surface area contributed by atoms with Crippen LogP contribution in [0.4, 0.5) is 26.2 Å². The number of anilines is 3. The average Bonchev–Trinajstić information content (AvgIpc) is 3.21. The monoisotopic (exact) mass is 518 g/mol. The number of hydrogen-bond donors (Lipinski definition) is 2. The van der Waals surface area contributed by atoms with Crippen LogP contribution < -0.4 is 10.6 Å². The summed E-state index contributed by atoms with van der Waals surface area (Å²) in [5, 5.41) is 10.9. The molecule has 3 aliphatic rings. The predicted molar refractivity (Wildman–Crippen MR) is 135 cm³/mol. The van der Waals surface area contributed by atoms with Crippen molar-refractivity contribution < 1.29 is 18.3 Å². The van der Waals surface area contributed by atoms with Crippen molar-refractivity contribution in [3.05, 3.63) is 23.7 Å². The number of carbonyl (C=O) groups excluding carboxylic acids is 1. The molecule has 2 bridgehead atoms. The average molecular weight is 519 g/mol. The number of halogens is 2. The third-order valence-corrected chi connectivity index (χ3v) is 7.85. The maximum Gasteiger partial charge on any atom is 0.268 e. The molecule has 5 heterocycles. The number of carbonyl (C=O) groups is 1. The van der Waals surface area contributed by atoms with Crippen LogP contribution in [0.1, 0.15) is 62.2 Å². The van der Waals surface area contributed by atoms with E-state index in [0.717, 1.165) is 36.8 Å². The molecule has 5 rings (SSSR count). The molecule has 0 aromatic carbocycles. The predicted octanol–water partition coefficient (Wildman–Crippen LogP) is 3.51. The molecule has 0 radical (unpaired) electrons. The Kier molecular flexibility index (Phi) is 7.84. The van der Waals surface area contributed by atoms with E-state index in [1.807, 2.05) is 17.8 Å². The Morgan fingerprint density at radius 2 is 2.00 bits per heavy atom. The van der Waals surface area contributed by atoms with Gasteiger partial charge in [-0.25, -0.2) is 13.8 Å². The Bertz CT molecular complexity index is 1080. The van der Waals surface area contributed by atoms with Gasteiger partial charge in [-0.15, -0.1) is 0 Å². The van der Waals surface area contributed by atoms with Gasteiger partial charge in [0.25, 0.3) is 6.43 Å². The Morgan fingerprint density at radius 1 is 1.22 bits per heavy atom. The van der Waals surface area contributed by atoms with E-state index in [0.29, 0.717) is 50.8 Å². The summed E-state index contributed by atoms with van der Waals surface area (Å²) in [4.78, 5) is 24.8. The summed E-state index contributed by atoms with van der Waals surface area (Å²) < 4.78 is 34.6. The fourth-order valence-corrected chi connectivity index (χ4v) is 5.71. The summed E-state index contributed by atoms with van der Waals surface area (Å²) in [7, 11) is 2.22. The molecule has 3 fully saturated rings. The largest absolute Gasteiger partial charge is 0.372 e. The molecule has 2 N–H and O–H groups in total. The number of amides is 1. The van der Waals surface area contributed by atoms with Gasteiger partial charge in [0, 0.05) is 50.7 Å². The van der Waals surface area contributed by atoms with Crippen molar-refractivity contribution in [2.75, 3.05) is 50.5 Å². The standard InChI is InChI=1S/C25H36F2N8O2/c1-16-21(14-35(32-16)19-11-17-5-6-18(12-19)33(17)2)30-25-29-13-20(23(26)27)24(31-25)28-7-3-8-34-9-4-10-37-15-22(34)36/h13-14,17-19,23H,3-12,15H2,1-2H3,(H2,28,29,30,31). The zero-order chi connectivity index (χ0) is 25.9. The molecule has 2 unspecified atom stereocenters. The van der Waals surface area contributed by atoms with Gasteiger partial charge < -0.3 is 25.2 Å². The van der Waals surface area contributed by atoms with Crippen molar-refractivity contribution in [2.45, 2.75) is 70.0 Å². The number of alkyl halides is 2. The number of nitrogens with one attached hydrogen (secondary N) is 2. The lowest BCUT2D eigenvalue weighted by Crippen LogP contribution is -2.40. The zero-order valence-electron chi connectivity index (χ0n) is 21.5. The molecule has 0 aliphatic carbocycles. The van der Waals surface area contributed by atoms with Crippen LogP contribution in [0, 0.1) is 6.92 Å². The second-order valence-corrected chi connectivity index (χ2v) is 10.3. The number of hydrogen-bond acceptors (Lipinski definition) is 8. The highest BCUT2D eigenvalue weighted by Crippen LogP contribution is 2.40. The van der Waals surface area contributed by atoms with Crippen LogP contribution in [-0.4, -0.2) is 87.4 Å². The van der Waals surface area contributed by atoms with E-state index >= 15 is 0 Å². The summed E-state index contributed by atoms with van der Waals surface area (Å²) in [5.74, 6) is 0.288. The van der Waals surface area contributed by atoms with Gasteiger partial charge in [0.15, 0.2) is 0 Å². The van der Waals surface area contributed by atoms with Crippen molar-refractivity contribution in [3.63, 3.8) is 0 Å². The number of fused-ring (bicyclic) bond motifs is 2. The van der Waals surface area contributed by atoms with Crippen LogP contribution in [0.15, 0.2) is 12.4 Å². The molecule has 2 aromatic rings. The van der Waals surface area contributed by atoms with Gasteiger partial charge >= 0.3 is 0 Å². The van der Waals surface area contributed by atoms with E-state index in [1.165, 1.54) is 12.8 Å². The minimum absolute atomic E-state index is 0.0388. The number of nitrogens with zero attached hydrogens (tertiary/aromatic N) is 6.